The molecular formula is C32H38ClN3O5S. The smallest absolute Gasteiger partial charge is 0.264 e. The highest BCUT2D eigenvalue weighted by molar-refractivity contribution is 7.92. The van der Waals surface area contributed by atoms with Gasteiger partial charge in [0, 0.05) is 17.6 Å². The Morgan fingerprint density at radius 3 is 2.29 bits per heavy atom. The van der Waals surface area contributed by atoms with E-state index in [2.05, 4.69) is 5.32 Å². The van der Waals surface area contributed by atoms with Gasteiger partial charge in [-0.15, -0.1) is 0 Å². The van der Waals surface area contributed by atoms with Crippen molar-refractivity contribution >= 4 is 39.1 Å². The molecule has 1 aliphatic carbocycles. The van der Waals surface area contributed by atoms with Crippen molar-refractivity contribution in [3.63, 3.8) is 0 Å². The van der Waals surface area contributed by atoms with Gasteiger partial charge in [-0.25, -0.2) is 8.42 Å². The summed E-state index contributed by atoms with van der Waals surface area (Å²) in [4.78, 5) is 29.1. The minimum atomic E-state index is -4.14. The normalized spacial score (nSPS) is 14.6. The van der Waals surface area contributed by atoms with Crippen molar-refractivity contribution in [1.29, 1.82) is 0 Å². The van der Waals surface area contributed by atoms with Crippen LogP contribution in [0.3, 0.4) is 0 Å². The lowest BCUT2D eigenvalue weighted by Crippen LogP contribution is -2.53. The van der Waals surface area contributed by atoms with Gasteiger partial charge in [0.1, 0.15) is 18.3 Å². The Bertz CT molecular complexity index is 1480. The quantitative estimate of drug-likeness (QED) is 0.299. The number of nitrogens with zero attached hydrogens (tertiary/aromatic N) is 2. The van der Waals surface area contributed by atoms with Crippen LogP contribution in [-0.4, -0.2) is 50.9 Å². The highest BCUT2D eigenvalue weighted by atomic mass is 35.5. The summed E-state index contributed by atoms with van der Waals surface area (Å²) < 4.78 is 34.3. The van der Waals surface area contributed by atoms with E-state index in [1.54, 1.807) is 69.5 Å². The molecule has 42 heavy (non-hydrogen) atoms. The molecule has 4 rings (SSSR count). The van der Waals surface area contributed by atoms with Gasteiger partial charge in [0.2, 0.25) is 11.8 Å². The fourth-order valence-corrected chi connectivity index (χ4v) is 6.94. The zero-order valence-electron chi connectivity index (χ0n) is 24.3. The summed E-state index contributed by atoms with van der Waals surface area (Å²) in [6, 6.07) is 19.3. The van der Waals surface area contributed by atoms with Crippen LogP contribution < -0.4 is 14.4 Å². The molecule has 3 aromatic rings. The Morgan fingerprint density at radius 1 is 1.00 bits per heavy atom. The molecule has 0 spiro atoms. The molecular weight excluding hydrogens is 574 g/mol. The molecule has 0 radical (unpaired) electrons. The van der Waals surface area contributed by atoms with Gasteiger partial charge in [0.15, 0.2) is 0 Å². The number of amides is 2. The molecule has 224 valence electrons. The monoisotopic (exact) mass is 611 g/mol. The van der Waals surface area contributed by atoms with Gasteiger partial charge in [-0.1, -0.05) is 61.2 Å². The van der Waals surface area contributed by atoms with Crippen LogP contribution in [0.5, 0.6) is 5.75 Å². The Labute approximate surface area is 253 Å². The molecule has 1 aliphatic rings. The number of sulfonamides is 1. The summed E-state index contributed by atoms with van der Waals surface area (Å²) in [7, 11) is -2.57. The second kappa shape index (κ2) is 14.1. The molecule has 0 heterocycles. The summed E-state index contributed by atoms with van der Waals surface area (Å²) >= 11 is 6.18. The third-order valence-corrected chi connectivity index (χ3v) is 9.68. The van der Waals surface area contributed by atoms with Gasteiger partial charge in [-0.3, -0.25) is 13.9 Å². The lowest BCUT2D eigenvalue weighted by atomic mass is 9.95. The highest BCUT2D eigenvalue weighted by Gasteiger charge is 2.33. The van der Waals surface area contributed by atoms with E-state index in [9.17, 15) is 18.0 Å². The van der Waals surface area contributed by atoms with E-state index >= 15 is 0 Å². The zero-order chi connectivity index (χ0) is 30.3. The van der Waals surface area contributed by atoms with Gasteiger partial charge >= 0.3 is 0 Å². The number of hydrogen-bond acceptors (Lipinski definition) is 5. The van der Waals surface area contributed by atoms with Crippen LogP contribution in [0, 0.1) is 6.92 Å². The van der Waals surface area contributed by atoms with Gasteiger partial charge < -0.3 is 15.0 Å². The molecule has 0 saturated heterocycles. The SMILES string of the molecule is COc1ccc(CN(C(=O)CN(c2ccc(Cl)cc2C)S(=O)(=O)c2ccccc2)C(C)C(=O)NC2CCCCC2)cc1. The molecule has 3 aromatic carbocycles. The van der Waals surface area contributed by atoms with Gasteiger partial charge in [0.25, 0.3) is 10.0 Å². The number of hydrogen-bond donors (Lipinski definition) is 1. The summed E-state index contributed by atoms with van der Waals surface area (Å²) in [5.41, 5.74) is 1.71. The van der Waals surface area contributed by atoms with E-state index in [0.717, 1.165) is 42.0 Å². The molecule has 0 aromatic heterocycles. The summed E-state index contributed by atoms with van der Waals surface area (Å²) in [6.07, 6.45) is 5.08. The van der Waals surface area contributed by atoms with Crippen molar-refractivity contribution in [2.45, 2.75) is 69.5 Å². The molecule has 1 saturated carbocycles. The van der Waals surface area contributed by atoms with Crippen LogP contribution in [0.4, 0.5) is 5.69 Å². The Kier molecular flexibility index (Phi) is 10.5. The van der Waals surface area contributed by atoms with Crippen molar-refractivity contribution < 1.29 is 22.7 Å². The minimum absolute atomic E-state index is 0.0527. The van der Waals surface area contributed by atoms with E-state index in [0.29, 0.717) is 22.0 Å². The number of benzene rings is 3. The minimum Gasteiger partial charge on any atom is -0.497 e. The number of rotatable bonds is 11. The highest BCUT2D eigenvalue weighted by Crippen LogP contribution is 2.29. The molecule has 1 unspecified atom stereocenters. The van der Waals surface area contributed by atoms with E-state index in [1.807, 2.05) is 12.1 Å². The molecule has 0 bridgehead atoms. The first-order valence-corrected chi connectivity index (χ1v) is 16.0. The van der Waals surface area contributed by atoms with Crippen molar-refractivity contribution in [3.8, 4) is 5.75 Å². The first-order chi connectivity index (χ1) is 20.1. The van der Waals surface area contributed by atoms with Gasteiger partial charge in [-0.2, -0.15) is 0 Å². The van der Waals surface area contributed by atoms with Crippen LogP contribution in [0.25, 0.3) is 0 Å². The lowest BCUT2D eigenvalue weighted by molar-refractivity contribution is -0.139. The summed E-state index contributed by atoms with van der Waals surface area (Å²) in [5, 5.41) is 3.57. The van der Waals surface area contributed by atoms with Crippen LogP contribution >= 0.6 is 11.6 Å². The predicted octanol–water partition coefficient (Wildman–Crippen LogP) is 5.72. The number of anilines is 1. The molecule has 8 nitrogen and oxygen atoms in total. The number of nitrogens with one attached hydrogen (secondary N) is 1. The van der Waals surface area contributed by atoms with E-state index in [1.165, 1.54) is 17.0 Å². The Morgan fingerprint density at radius 2 is 1.67 bits per heavy atom. The molecule has 1 atom stereocenters. The third-order valence-electron chi connectivity index (χ3n) is 7.67. The fraction of sp³-hybridized carbons (Fsp3) is 0.375. The van der Waals surface area contributed by atoms with Crippen molar-refractivity contribution in [3.05, 3.63) is 88.9 Å². The fourth-order valence-electron chi connectivity index (χ4n) is 5.21. The zero-order valence-corrected chi connectivity index (χ0v) is 25.8. The standard InChI is InChI=1S/C32H38ClN3O5S/c1-23-20-26(33)16-19-30(23)36(42(39,40)29-12-8-5-9-13-29)22-31(37)35(21-25-14-17-28(41-3)18-15-25)24(2)32(38)34-27-10-6-4-7-11-27/h5,8-9,12-20,24,27H,4,6-7,10-11,21-22H2,1-3H3,(H,34,38). The number of halogens is 1. The van der Waals surface area contributed by atoms with E-state index < -0.39 is 28.5 Å². The third kappa shape index (κ3) is 7.63. The maximum atomic E-state index is 14.1. The van der Waals surface area contributed by atoms with E-state index in [4.69, 9.17) is 16.3 Å². The Hall–Kier alpha value is -3.56. The van der Waals surface area contributed by atoms with Crippen molar-refractivity contribution in [2.75, 3.05) is 18.0 Å². The van der Waals surface area contributed by atoms with Crippen LogP contribution in [-0.2, 0) is 26.2 Å². The van der Waals surface area contributed by atoms with Gasteiger partial charge in [0.05, 0.1) is 17.7 Å². The summed E-state index contributed by atoms with van der Waals surface area (Å²) in [6.45, 7) is 3.04. The molecule has 10 heteroatoms. The maximum Gasteiger partial charge on any atom is 0.264 e. The second-order valence-corrected chi connectivity index (χ2v) is 12.9. The second-order valence-electron chi connectivity index (χ2n) is 10.6. The van der Waals surface area contributed by atoms with Crippen LogP contribution in [0.1, 0.15) is 50.2 Å². The van der Waals surface area contributed by atoms with Crippen molar-refractivity contribution in [2.24, 2.45) is 0 Å². The van der Waals surface area contributed by atoms with Crippen molar-refractivity contribution in [1.82, 2.24) is 10.2 Å². The first-order valence-electron chi connectivity index (χ1n) is 14.2. The van der Waals surface area contributed by atoms with Gasteiger partial charge in [-0.05, 0) is 80.3 Å². The lowest BCUT2D eigenvalue weighted by Gasteiger charge is -2.33. The topological polar surface area (TPSA) is 96.0 Å². The maximum absolute atomic E-state index is 14.1. The number of aryl methyl sites for hydroxylation is 1. The number of ether oxygens (including phenoxy) is 1. The average molecular weight is 612 g/mol. The molecule has 1 N–H and O–H groups in total. The largest absolute Gasteiger partial charge is 0.497 e. The van der Waals surface area contributed by atoms with Crippen LogP contribution in [0.2, 0.25) is 5.02 Å². The predicted molar refractivity (Wildman–Crippen MR) is 165 cm³/mol. The van der Waals surface area contributed by atoms with Crippen LogP contribution in [0.15, 0.2) is 77.7 Å². The number of carbonyl (C=O) groups is 2. The molecule has 0 aliphatic heterocycles. The average Bonchev–Trinajstić information content (AvgIpc) is 2.99. The first kappa shape index (κ1) is 31.4. The molecule has 2 amide bonds. The molecule has 1 fully saturated rings. The Balaban J connectivity index is 1.69. The summed E-state index contributed by atoms with van der Waals surface area (Å²) in [5.74, 6) is -0.104. The van der Waals surface area contributed by atoms with E-state index in [-0.39, 0.29) is 23.4 Å². The number of methoxy groups -OCH3 is 1. The number of carbonyl (C=O) groups excluding carboxylic acids is 2.